The van der Waals surface area contributed by atoms with Crippen LogP contribution in [0.25, 0.3) is 0 Å². The van der Waals surface area contributed by atoms with Crippen molar-refractivity contribution in [3.8, 4) is 0 Å². The number of hydrogen-bond donors (Lipinski definition) is 2. The van der Waals surface area contributed by atoms with Gasteiger partial charge in [0.15, 0.2) is 5.69 Å². The number of nitrogens with one attached hydrogen (secondary N) is 1. The number of amides is 1. The number of nitrogens with zero attached hydrogens (tertiary/aromatic N) is 3. The SMILES string of the molecule is Cl.O=C(NOCc1cccnc1)c1nonc1CO. The number of carbonyl (C=O) groups is 1. The van der Waals surface area contributed by atoms with Gasteiger partial charge in [0.05, 0.1) is 6.61 Å². The van der Waals surface area contributed by atoms with Crippen molar-refractivity contribution in [2.45, 2.75) is 13.2 Å². The van der Waals surface area contributed by atoms with Crippen LogP contribution in [-0.2, 0) is 18.1 Å². The number of aliphatic hydroxyl groups is 1. The van der Waals surface area contributed by atoms with Crippen LogP contribution >= 0.6 is 12.4 Å². The summed E-state index contributed by atoms with van der Waals surface area (Å²) in [4.78, 5) is 20.4. The number of aromatic nitrogens is 3. The summed E-state index contributed by atoms with van der Waals surface area (Å²) in [5.41, 5.74) is 2.92. The molecular formula is C10H11ClN4O4. The topological polar surface area (TPSA) is 110 Å². The molecule has 9 heteroatoms. The van der Waals surface area contributed by atoms with Gasteiger partial charge in [-0.25, -0.2) is 10.1 Å². The van der Waals surface area contributed by atoms with Crippen molar-refractivity contribution in [1.29, 1.82) is 0 Å². The summed E-state index contributed by atoms with van der Waals surface area (Å²) < 4.78 is 4.34. The van der Waals surface area contributed by atoms with E-state index < -0.39 is 12.5 Å². The third kappa shape index (κ3) is 3.98. The second kappa shape index (κ2) is 7.41. The zero-order valence-corrected chi connectivity index (χ0v) is 10.5. The molecule has 0 saturated carbocycles. The Morgan fingerprint density at radius 3 is 3.00 bits per heavy atom. The molecule has 1 amide bonds. The highest BCUT2D eigenvalue weighted by atomic mass is 35.5. The van der Waals surface area contributed by atoms with Crippen molar-refractivity contribution in [2.75, 3.05) is 0 Å². The quantitative estimate of drug-likeness (QED) is 0.757. The molecule has 0 aliphatic carbocycles. The van der Waals surface area contributed by atoms with Gasteiger partial charge >= 0.3 is 0 Å². The molecule has 0 spiro atoms. The van der Waals surface area contributed by atoms with Crippen molar-refractivity contribution in [2.24, 2.45) is 0 Å². The highest BCUT2D eigenvalue weighted by molar-refractivity contribution is 5.92. The Balaban J connectivity index is 0.00000180. The maximum Gasteiger partial charge on any atom is 0.299 e. The Hall–Kier alpha value is -2.03. The normalized spacial score (nSPS) is 9.74. The van der Waals surface area contributed by atoms with Crippen LogP contribution in [0.15, 0.2) is 29.2 Å². The molecule has 19 heavy (non-hydrogen) atoms. The van der Waals surface area contributed by atoms with Crippen molar-refractivity contribution < 1.29 is 19.4 Å². The van der Waals surface area contributed by atoms with Gasteiger partial charge in [-0.2, -0.15) is 0 Å². The zero-order chi connectivity index (χ0) is 12.8. The predicted octanol–water partition coefficient (Wildman–Crippen LogP) is 0.240. The number of halogens is 1. The standard InChI is InChI=1S/C10H10N4O4.ClH/c15-5-8-9(13-18-12-8)10(16)14-17-6-7-2-1-3-11-4-7;/h1-4,15H,5-6H2,(H,14,16);1H. The lowest BCUT2D eigenvalue weighted by atomic mass is 10.3. The Labute approximate surface area is 114 Å². The van der Waals surface area contributed by atoms with Crippen molar-refractivity contribution in [1.82, 2.24) is 20.8 Å². The summed E-state index contributed by atoms with van der Waals surface area (Å²) in [7, 11) is 0. The van der Waals surface area contributed by atoms with Crippen LogP contribution in [0.2, 0.25) is 0 Å². The predicted molar refractivity (Wildman–Crippen MR) is 64.0 cm³/mol. The van der Waals surface area contributed by atoms with E-state index in [0.717, 1.165) is 5.56 Å². The summed E-state index contributed by atoms with van der Waals surface area (Å²) in [5.74, 6) is -0.635. The van der Waals surface area contributed by atoms with Crippen molar-refractivity contribution >= 4 is 18.3 Å². The van der Waals surface area contributed by atoms with Gasteiger partial charge in [-0.3, -0.25) is 14.6 Å². The molecule has 0 aliphatic heterocycles. The maximum absolute atomic E-state index is 11.6. The summed E-state index contributed by atoms with van der Waals surface area (Å²) in [6, 6.07) is 3.56. The van der Waals surface area contributed by atoms with Crippen LogP contribution in [-0.4, -0.2) is 26.3 Å². The van der Waals surface area contributed by atoms with Gasteiger partial charge in [0.25, 0.3) is 5.91 Å². The van der Waals surface area contributed by atoms with Gasteiger partial charge < -0.3 is 5.11 Å². The van der Waals surface area contributed by atoms with Gasteiger partial charge in [-0.15, -0.1) is 12.4 Å². The Kier molecular flexibility index (Phi) is 5.86. The van der Waals surface area contributed by atoms with Gasteiger partial charge in [-0.1, -0.05) is 11.2 Å². The molecule has 2 N–H and O–H groups in total. The van der Waals surface area contributed by atoms with Crippen LogP contribution in [0.4, 0.5) is 0 Å². The summed E-state index contributed by atoms with van der Waals surface area (Å²) in [6.07, 6.45) is 3.25. The summed E-state index contributed by atoms with van der Waals surface area (Å²) in [5, 5.41) is 15.6. The fraction of sp³-hybridized carbons (Fsp3) is 0.200. The van der Waals surface area contributed by atoms with Gasteiger partial charge in [0.2, 0.25) is 0 Å². The molecule has 0 saturated heterocycles. The number of hydrogen-bond acceptors (Lipinski definition) is 7. The first kappa shape index (κ1) is 15.0. The van der Waals surface area contributed by atoms with E-state index in [9.17, 15) is 4.79 Å². The molecule has 0 atom stereocenters. The molecule has 8 nitrogen and oxygen atoms in total. The number of pyridine rings is 1. The van der Waals surface area contributed by atoms with E-state index in [0.29, 0.717) is 0 Å². The van der Waals surface area contributed by atoms with E-state index in [-0.39, 0.29) is 30.4 Å². The van der Waals surface area contributed by atoms with E-state index in [4.69, 9.17) is 9.94 Å². The fourth-order valence-electron chi connectivity index (χ4n) is 1.20. The first-order chi connectivity index (χ1) is 8.81. The van der Waals surface area contributed by atoms with Crippen LogP contribution in [0.3, 0.4) is 0 Å². The van der Waals surface area contributed by atoms with Gasteiger partial charge in [0, 0.05) is 12.4 Å². The van der Waals surface area contributed by atoms with Crippen LogP contribution in [0, 0.1) is 0 Å². The molecule has 0 radical (unpaired) electrons. The monoisotopic (exact) mass is 286 g/mol. The molecule has 0 bridgehead atoms. The summed E-state index contributed by atoms with van der Waals surface area (Å²) >= 11 is 0. The molecule has 2 rings (SSSR count). The average molecular weight is 287 g/mol. The first-order valence-electron chi connectivity index (χ1n) is 5.04. The fourth-order valence-corrected chi connectivity index (χ4v) is 1.20. The molecule has 2 aromatic rings. The minimum Gasteiger partial charge on any atom is -0.390 e. The zero-order valence-electron chi connectivity index (χ0n) is 9.65. The van der Waals surface area contributed by atoms with E-state index in [1.807, 2.05) is 0 Å². The van der Waals surface area contributed by atoms with Gasteiger partial charge in [0.1, 0.15) is 12.3 Å². The molecule has 0 aromatic carbocycles. The van der Waals surface area contributed by atoms with E-state index in [2.05, 4.69) is 25.4 Å². The Morgan fingerprint density at radius 1 is 1.47 bits per heavy atom. The lowest BCUT2D eigenvalue weighted by molar-refractivity contribution is 0.0224. The van der Waals surface area contributed by atoms with E-state index in [1.54, 1.807) is 24.5 Å². The highest BCUT2D eigenvalue weighted by Crippen LogP contribution is 2.02. The Morgan fingerprint density at radius 2 is 2.32 bits per heavy atom. The van der Waals surface area contributed by atoms with Gasteiger partial charge in [-0.05, 0) is 16.8 Å². The molecule has 0 aliphatic rings. The van der Waals surface area contributed by atoms with Crippen molar-refractivity contribution in [3.05, 3.63) is 41.5 Å². The maximum atomic E-state index is 11.6. The number of carbonyl (C=O) groups excluding carboxylic acids is 1. The molecular weight excluding hydrogens is 276 g/mol. The first-order valence-corrected chi connectivity index (χ1v) is 5.04. The number of aliphatic hydroxyl groups excluding tert-OH is 1. The van der Waals surface area contributed by atoms with Crippen LogP contribution < -0.4 is 5.48 Å². The minimum absolute atomic E-state index is 0. The van der Waals surface area contributed by atoms with Crippen LogP contribution in [0.1, 0.15) is 21.7 Å². The Bertz CT molecular complexity index is 519. The molecule has 2 aromatic heterocycles. The third-order valence-corrected chi connectivity index (χ3v) is 2.05. The number of rotatable bonds is 5. The second-order valence-corrected chi connectivity index (χ2v) is 3.30. The molecule has 2 heterocycles. The van der Waals surface area contributed by atoms with Crippen molar-refractivity contribution in [3.63, 3.8) is 0 Å². The largest absolute Gasteiger partial charge is 0.390 e. The molecule has 102 valence electrons. The third-order valence-electron chi connectivity index (χ3n) is 2.05. The summed E-state index contributed by atoms with van der Waals surface area (Å²) in [6.45, 7) is -0.270. The lowest BCUT2D eigenvalue weighted by Gasteiger charge is -2.03. The van der Waals surface area contributed by atoms with E-state index >= 15 is 0 Å². The average Bonchev–Trinajstić information content (AvgIpc) is 2.88. The smallest absolute Gasteiger partial charge is 0.299 e. The van der Waals surface area contributed by atoms with E-state index in [1.165, 1.54) is 0 Å². The minimum atomic E-state index is -0.635. The molecule has 0 fully saturated rings. The van der Waals surface area contributed by atoms with Crippen LogP contribution in [0.5, 0.6) is 0 Å². The molecule has 0 unspecified atom stereocenters. The second-order valence-electron chi connectivity index (χ2n) is 3.30. The number of hydroxylamine groups is 1. The lowest BCUT2D eigenvalue weighted by Crippen LogP contribution is -2.25. The highest BCUT2D eigenvalue weighted by Gasteiger charge is 2.17.